The van der Waals surface area contributed by atoms with E-state index >= 15 is 0 Å². The largest absolute Gasteiger partial charge is 0.507 e. The fraction of sp³-hybridized carbons (Fsp3) is 0.364. The first-order valence-electron chi connectivity index (χ1n) is 5.53. The lowest BCUT2D eigenvalue weighted by Gasteiger charge is -2.26. The highest BCUT2D eigenvalue weighted by molar-refractivity contribution is 5.95. The van der Waals surface area contributed by atoms with Gasteiger partial charge in [-0.1, -0.05) is 0 Å². The standard InChI is InChI=1S/C11H13N3O5/c12-8-3-7(4-13-5-8)9(15)14-11(19-10(16)17)1-2-18-6-11/h3-5H,1-2,6,12H2,(H,14,15)(H,16,17)/t11-/m0/s1. The molecule has 0 spiro atoms. The molecule has 4 N–H and O–H groups in total. The second-order valence-corrected chi connectivity index (χ2v) is 4.13. The van der Waals surface area contributed by atoms with E-state index in [1.165, 1.54) is 18.5 Å². The number of ether oxygens (including phenoxy) is 2. The van der Waals surface area contributed by atoms with E-state index in [0.29, 0.717) is 12.3 Å². The Morgan fingerprint density at radius 2 is 2.32 bits per heavy atom. The van der Waals surface area contributed by atoms with Crippen LogP contribution in [0.5, 0.6) is 0 Å². The van der Waals surface area contributed by atoms with Crippen molar-refractivity contribution in [2.75, 3.05) is 18.9 Å². The normalized spacial score (nSPS) is 21.9. The zero-order valence-corrected chi connectivity index (χ0v) is 9.96. The van der Waals surface area contributed by atoms with Gasteiger partial charge in [0.15, 0.2) is 0 Å². The number of hydrogen-bond donors (Lipinski definition) is 3. The molecule has 0 bridgehead atoms. The summed E-state index contributed by atoms with van der Waals surface area (Å²) in [5.74, 6) is -0.522. The first kappa shape index (κ1) is 13.1. The van der Waals surface area contributed by atoms with Crippen LogP contribution in [0, 0.1) is 0 Å². The fourth-order valence-corrected chi connectivity index (χ4v) is 1.78. The summed E-state index contributed by atoms with van der Waals surface area (Å²) in [6, 6.07) is 1.44. The predicted octanol–water partition coefficient (Wildman–Crippen LogP) is 0.205. The van der Waals surface area contributed by atoms with Crippen LogP contribution in [0.2, 0.25) is 0 Å². The molecule has 0 radical (unpaired) electrons. The van der Waals surface area contributed by atoms with Crippen molar-refractivity contribution >= 4 is 17.7 Å². The van der Waals surface area contributed by atoms with Crippen molar-refractivity contribution in [1.82, 2.24) is 10.3 Å². The molecule has 1 atom stereocenters. The Morgan fingerprint density at radius 1 is 1.53 bits per heavy atom. The Morgan fingerprint density at radius 3 is 2.89 bits per heavy atom. The van der Waals surface area contributed by atoms with Crippen LogP contribution in [0.4, 0.5) is 10.5 Å². The Balaban J connectivity index is 2.13. The number of pyridine rings is 1. The molecule has 2 rings (SSSR count). The van der Waals surface area contributed by atoms with Crippen molar-refractivity contribution in [3.8, 4) is 0 Å². The fourth-order valence-electron chi connectivity index (χ4n) is 1.78. The van der Waals surface area contributed by atoms with Crippen LogP contribution in [0.3, 0.4) is 0 Å². The lowest BCUT2D eigenvalue weighted by molar-refractivity contribution is -0.0400. The number of nitrogens with zero attached hydrogens (tertiary/aromatic N) is 1. The van der Waals surface area contributed by atoms with Gasteiger partial charge in [-0.15, -0.1) is 0 Å². The number of nitrogens with one attached hydrogen (secondary N) is 1. The highest BCUT2D eigenvalue weighted by Gasteiger charge is 2.40. The molecule has 0 unspecified atom stereocenters. The van der Waals surface area contributed by atoms with E-state index in [0.717, 1.165) is 0 Å². The SMILES string of the molecule is Nc1cncc(C(=O)N[C@]2(OC(=O)O)CCOC2)c1. The molecule has 1 amide bonds. The van der Waals surface area contributed by atoms with Crippen molar-refractivity contribution in [3.63, 3.8) is 0 Å². The van der Waals surface area contributed by atoms with Crippen molar-refractivity contribution in [2.24, 2.45) is 0 Å². The molecule has 0 aliphatic carbocycles. The average molecular weight is 267 g/mol. The van der Waals surface area contributed by atoms with Crippen LogP contribution >= 0.6 is 0 Å². The molecule has 102 valence electrons. The summed E-state index contributed by atoms with van der Waals surface area (Å²) in [4.78, 5) is 26.5. The van der Waals surface area contributed by atoms with Crippen molar-refractivity contribution < 1.29 is 24.2 Å². The lowest BCUT2D eigenvalue weighted by atomic mass is 10.1. The first-order valence-corrected chi connectivity index (χ1v) is 5.53. The molecule has 1 saturated heterocycles. The van der Waals surface area contributed by atoms with E-state index in [-0.39, 0.29) is 18.6 Å². The molecule has 2 heterocycles. The third-order valence-electron chi connectivity index (χ3n) is 2.63. The molecule has 1 aromatic heterocycles. The van der Waals surface area contributed by atoms with Gasteiger partial charge in [-0.2, -0.15) is 0 Å². The summed E-state index contributed by atoms with van der Waals surface area (Å²) in [7, 11) is 0. The van der Waals surface area contributed by atoms with Crippen molar-refractivity contribution in [1.29, 1.82) is 0 Å². The first-order chi connectivity index (χ1) is 9.01. The highest BCUT2D eigenvalue weighted by Crippen LogP contribution is 2.21. The minimum absolute atomic E-state index is 0.0270. The van der Waals surface area contributed by atoms with Crippen molar-refractivity contribution in [2.45, 2.75) is 12.1 Å². The summed E-state index contributed by atoms with van der Waals surface area (Å²) in [6.45, 7) is 0.281. The lowest BCUT2D eigenvalue weighted by Crippen LogP contribution is -2.52. The summed E-state index contributed by atoms with van der Waals surface area (Å²) in [5.41, 5.74) is 4.73. The number of anilines is 1. The molecule has 8 heteroatoms. The van der Waals surface area contributed by atoms with Gasteiger partial charge in [-0.3, -0.25) is 9.78 Å². The third kappa shape index (κ3) is 3.10. The molecular formula is C11H13N3O5. The van der Waals surface area contributed by atoms with Crippen LogP contribution in [-0.2, 0) is 9.47 Å². The number of carbonyl (C=O) groups excluding carboxylic acids is 1. The number of carbonyl (C=O) groups is 2. The number of nitrogens with two attached hydrogens (primary N) is 1. The van der Waals surface area contributed by atoms with Crippen LogP contribution in [0.25, 0.3) is 0 Å². The van der Waals surface area contributed by atoms with Gasteiger partial charge < -0.3 is 25.6 Å². The quantitative estimate of drug-likeness (QED) is 0.528. The molecule has 0 saturated carbocycles. The van der Waals surface area contributed by atoms with Gasteiger partial charge in [0.2, 0.25) is 5.72 Å². The van der Waals surface area contributed by atoms with Crippen LogP contribution in [0.15, 0.2) is 18.5 Å². The predicted molar refractivity (Wildman–Crippen MR) is 63.4 cm³/mol. The van der Waals surface area contributed by atoms with Gasteiger partial charge in [0.25, 0.3) is 5.91 Å². The van der Waals surface area contributed by atoms with E-state index in [2.05, 4.69) is 10.3 Å². The van der Waals surface area contributed by atoms with Gasteiger partial charge in [-0.25, -0.2) is 4.79 Å². The van der Waals surface area contributed by atoms with Crippen molar-refractivity contribution in [3.05, 3.63) is 24.0 Å². The van der Waals surface area contributed by atoms with E-state index in [4.69, 9.17) is 20.3 Å². The Bertz CT molecular complexity index is 499. The summed E-state index contributed by atoms with van der Waals surface area (Å²) in [6.07, 6.45) is 1.51. The molecule has 1 aromatic rings. The van der Waals surface area contributed by atoms with E-state index in [9.17, 15) is 9.59 Å². The number of amides is 1. The number of nitrogen functional groups attached to an aromatic ring is 1. The smallest absolute Gasteiger partial charge is 0.450 e. The second-order valence-electron chi connectivity index (χ2n) is 4.13. The molecule has 1 fully saturated rings. The third-order valence-corrected chi connectivity index (χ3v) is 2.63. The summed E-state index contributed by atoms with van der Waals surface area (Å²) < 4.78 is 9.81. The molecule has 19 heavy (non-hydrogen) atoms. The zero-order chi connectivity index (χ0) is 13.9. The molecule has 1 aliphatic rings. The average Bonchev–Trinajstić information content (AvgIpc) is 2.76. The summed E-state index contributed by atoms with van der Waals surface area (Å²) in [5, 5.41) is 11.2. The molecule has 8 nitrogen and oxygen atoms in total. The maximum Gasteiger partial charge on any atom is 0.507 e. The van der Waals surface area contributed by atoms with Crippen LogP contribution in [-0.4, -0.2) is 41.1 Å². The Labute approximate surface area is 108 Å². The second kappa shape index (κ2) is 5.11. The van der Waals surface area contributed by atoms with E-state index in [1.807, 2.05) is 0 Å². The summed E-state index contributed by atoms with van der Waals surface area (Å²) >= 11 is 0. The van der Waals surface area contributed by atoms with E-state index in [1.54, 1.807) is 0 Å². The highest BCUT2D eigenvalue weighted by atomic mass is 16.7. The molecular weight excluding hydrogens is 254 g/mol. The topological polar surface area (TPSA) is 124 Å². The number of carboxylic acid groups (broad SMARTS) is 1. The van der Waals surface area contributed by atoms with E-state index < -0.39 is 17.8 Å². The minimum atomic E-state index is -1.48. The Kier molecular flexibility index (Phi) is 3.52. The monoisotopic (exact) mass is 267 g/mol. The maximum absolute atomic E-state index is 12.0. The number of rotatable bonds is 3. The molecule has 0 aromatic carbocycles. The number of aromatic nitrogens is 1. The number of hydrogen-bond acceptors (Lipinski definition) is 6. The Hall–Kier alpha value is -2.35. The van der Waals surface area contributed by atoms with Crippen LogP contribution < -0.4 is 11.1 Å². The molecule has 1 aliphatic heterocycles. The minimum Gasteiger partial charge on any atom is -0.450 e. The van der Waals surface area contributed by atoms with Gasteiger partial charge in [0.05, 0.1) is 17.9 Å². The van der Waals surface area contributed by atoms with Gasteiger partial charge in [0.1, 0.15) is 6.61 Å². The van der Waals surface area contributed by atoms with Gasteiger partial charge >= 0.3 is 6.16 Å². The van der Waals surface area contributed by atoms with Crippen LogP contribution in [0.1, 0.15) is 16.8 Å². The maximum atomic E-state index is 12.0. The zero-order valence-electron chi connectivity index (χ0n) is 9.96. The van der Waals surface area contributed by atoms with Gasteiger partial charge in [0, 0.05) is 18.8 Å². The van der Waals surface area contributed by atoms with Gasteiger partial charge in [-0.05, 0) is 6.07 Å².